The largest absolute Gasteiger partial charge is 0.457 e. The maximum Gasteiger partial charge on any atom is 0.457 e. The molecule has 0 aliphatic heterocycles. The van der Waals surface area contributed by atoms with Crippen molar-refractivity contribution in [2.45, 2.75) is 30.1 Å². The van der Waals surface area contributed by atoms with Gasteiger partial charge in [0.1, 0.15) is 5.15 Å². The number of carbonyl (C=O) groups excluding carboxylic acids is 2. The molecule has 0 fully saturated rings. The van der Waals surface area contributed by atoms with Crippen molar-refractivity contribution in [2.75, 3.05) is 15.9 Å². The van der Waals surface area contributed by atoms with Crippen molar-refractivity contribution in [1.82, 2.24) is 4.98 Å². The van der Waals surface area contributed by atoms with E-state index in [9.17, 15) is 62.3 Å². The number of hydrogen-bond acceptors (Lipinski definition) is 3. The first kappa shape index (κ1) is 34.9. The fourth-order valence-corrected chi connectivity index (χ4v) is 4.38. The fraction of sp³-hybridized carbons (Fsp3) is 0.240. The number of hydrogen-bond donors (Lipinski definition) is 0. The van der Waals surface area contributed by atoms with E-state index in [0.29, 0.717) is 0 Å². The van der Waals surface area contributed by atoms with E-state index < -0.39 is 70.4 Å². The van der Waals surface area contributed by atoms with Crippen LogP contribution in [-0.4, -0.2) is 42.1 Å². The Bertz CT molecular complexity index is 1560. The number of anilines is 2. The van der Waals surface area contributed by atoms with Crippen LogP contribution in [0.15, 0.2) is 60.8 Å². The molecule has 0 bridgehead atoms. The van der Waals surface area contributed by atoms with Gasteiger partial charge in [-0.3, -0.25) is 9.59 Å². The summed E-state index contributed by atoms with van der Waals surface area (Å²) in [5, 5.41) is 0.0742. The van der Waals surface area contributed by atoms with Crippen molar-refractivity contribution in [1.29, 1.82) is 0 Å². The Morgan fingerprint density at radius 1 is 0.773 bits per heavy atom. The van der Waals surface area contributed by atoms with Crippen LogP contribution >= 0.6 is 27.7 Å². The highest BCUT2D eigenvalue weighted by Gasteiger charge is 2.81. The van der Waals surface area contributed by atoms with Crippen molar-refractivity contribution in [3.63, 3.8) is 0 Å². The Morgan fingerprint density at radius 2 is 1.39 bits per heavy atom. The molecule has 19 heteroatoms. The molecule has 0 spiro atoms. The summed E-state index contributed by atoms with van der Waals surface area (Å²) < 4.78 is 163. The predicted octanol–water partition coefficient (Wildman–Crippen LogP) is 8.91. The first-order chi connectivity index (χ1) is 19.9. The third-order valence-corrected chi connectivity index (χ3v) is 6.96. The molecule has 3 aromatic rings. The summed E-state index contributed by atoms with van der Waals surface area (Å²) in [6, 6.07) is 5.82. The molecule has 1 atom stereocenters. The molecule has 3 rings (SSSR count). The van der Waals surface area contributed by atoms with E-state index in [1.807, 2.05) is 0 Å². The number of carbonyl (C=O) groups is 2. The molecule has 0 aliphatic carbocycles. The summed E-state index contributed by atoms with van der Waals surface area (Å²) in [5.74, 6) is -9.26. The zero-order chi connectivity index (χ0) is 33.6. The summed E-state index contributed by atoms with van der Waals surface area (Å²) in [6.45, 7) is 0. The fourth-order valence-electron chi connectivity index (χ4n) is 3.75. The molecule has 0 N–H and O–H groups in total. The minimum atomic E-state index is -7.22. The lowest BCUT2D eigenvalue weighted by molar-refractivity contribution is -0.389. The smallest absolute Gasteiger partial charge is 0.311 e. The van der Waals surface area contributed by atoms with Crippen molar-refractivity contribution < 1.29 is 62.3 Å². The minimum Gasteiger partial charge on any atom is -0.311 e. The van der Waals surface area contributed by atoms with Gasteiger partial charge in [0.25, 0.3) is 11.8 Å². The highest BCUT2D eigenvalue weighted by atomic mass is 79.9. The van der Waals surface area contributed by atoms with Gasteiger partial charge in [-0.15, -0.1) is 0 Å². The third kappa shape index (κ3) is 6.31. The number of alkyl halides is 12. The number of benzene rings is 2. The molecule has 0 saturated carbocycles. The molecule has 0 aliphatic rings. The standard InChI is InChI=1S/C25H13BrClF12N3O2/c1-41(19(43)13-5-8-18(27)40-11-13)15-4-2-3-12(9-15)20(44)42(26)17-7-6-14(10-16(17)22(29,30)31)21(28,24(34,35)36)23(32,33)25(37,38)39/h2-11H,1H3. The van der Waals surface area contributed by atoms with Crippen molar-refractivity contribution in [2.24, 2.45) is 0 Å². The van der Waals surface area contributed by atoms with Crippen LogP contribution in [0.4, 0.5) is 64.1 Å². The normalized spacial score (nSPS) is 14.2. The Hall–Kier alpha value is -3.54. The Labute approximate surface area is 252 Å². The van der Waals surface area contributed by atoms with E-state index in [0.717, 1.165) is 23.2 Å². The van der Waals surface area contributed by atoms with Gasteiger partial charge in [0.2, 0.25) is 0 Å². The van der Waals surface area contributed by atoms with Gasteiger partial charge in [0.05, 0.1) is 33.0 Å². The van der Waals surface area contributed by atoms with Gasteiger partial charge < -0.3 is 4.90 Å². The van der Waals surface area contributed by atoms with Crippen LogP contribution in [0.3, 0.4) is 0 Å². The number of amides is 2. The highest BCUT2D eigenvalue weighted by molar-refractivity contribution is 9.10. The molecular weight excluding hydrogens is 718 g/mol. The van der Waals surface area contributed by atoms with Crippen LogP contribution in [0.25, 0.3) is 0 Å². The van der Waals surface area contributed by atoms with Crippen molar-refractivity contribution in [3.05, 3.63) is 88.2 Å². The van der Waals surface area contributed by atoms with Crippen molar-refractivity contribution in [3.8, 4) is 0 Å². The molecule has 1 heterocycles. The van der Waals surface area contributed by atoms with Gasteiger partial charge in [-0.2, -0.15) is 48.3 Å². The first-order valence-corrected chi connectivity index (χ1v) is 12.5. The van der Waals surface area contributed by atoms with Crippen LogP contribution in [-0.2, 0) is 11.8 Å². The summed E-state index contributed by atoms with van der Waals surface area (Å²) in [4.78, 5) is 30.6. The lowest BCUT2D eigenvalue weighted by Crippen LogP contribution is -2.59. The third-order valence-electron chi connectivity index (χ3n) is 6.03. The Morgan fingerprint density at radius 3 is 1.89 bits per heavy atom. The lowest BCUT2D eigenvalue weighted by atomic mass is 9.86. The van der Waals surface area contributed by atoms with Gasteiger partial charge in [-0.25, -0.2) is 13.3 Å². The van der Waals surface area contributed by atoms with E-state index in [1.54, 1.807) is 0 Å². The maximum absolute atomic E-state index is 14.9. The van der Waals surface area contributed by atoms with E-state index in [4.69, 9.17) is 11.6 Å². The summed E-state index contributed by atoms with van der Waals surface area (Å²) in [5.41, 5.74) is -13.5. The van der Waals surface area contributed by atoms with Crippen molar-refractivity contribution >= 4 is 50.9 Å². The molecule has 1 aromatic heterocycles. The van der Waals surface area contributed by atoms with E-state index >= 15 is 0 Å². The predicted molar refractivity (Wildman–Crippen MR) is 135 cm³/mol. The number of halogens is 14. The average Bonchev–Trinajstić information content (AvgIpc) is 2.93. The van der Waals surface area contributed by atoms with Crippen LogP contribution < -0.4 is 8.83 Å². The SMILES string of the molecule is CN(C(=O)c1ccc(Cl)nc1)c1cccc(C(=O)N(Br)c2ccc(C(F)(C(F)(F)F)C(F)(F)C(F)(F)F)cc2C(F)(F)F)c1. The zero-order valence-electron chi connectivity index (χ0n) is 21.2. The monoisotopic (exact) mass is 729 g/mol. The number of aromatic nitrogens is 1. The number of pyridine rings is 1. The molecular formula is C25H13BrClF12N3O2. The average molecular weight is 731 g/mol. The van der Waals surface area contributed by atoms with Crippen LogP contribution in [0, 0.1) is 0 Å². The number of rotatable bonds is 6. The van der Waals surface area contributed by atoms with Gasteiger partial charge >= 0.3 is 30.1 Å². The number of nitrogens with zero attached hydrogens (tertiary/aromatic N) is 3. The molecule has 2 aromatic carbocycles. The summed E-state index contributed by atoms with van der Waals surface area (Å²) in [7, 11) is 1.26. The molecule has 1 unspecified atom stereocenters. The highest BCUT2D eigenvalue weighted by Crippen LogP contribution is 2.59. The van der Waals surface area contributed by atoms with Gasteiger partial charge in [0, 0.05) is 30.1 Å². The summed E-state index contributed by atoms with van der Waals surface area (Å²) in [6.07, 6.45) is -18.9. The van der Waals surface area contributed by atoms with Crippen LogP contribution in [0.5, 0.6) is 0 Å². The molecule has 5 nitrogen and oxygen atoms in total. The molecule has 2 amide bonds. The van der Waals surface area contributed by atoms with Crippen LogP contribution in [0.1, 0.15) is 31.8 Å². The Balaban J connectivity index is 2.07. The molecule has 238 valence electrons. The maximum atomic E-state index is 14.9. The first-order valence-electron chi connectivity index (χ1n) is 11.4. The lowest BCUT2D eigenvalue weighted by Gasteiger charge is -2.36. The molecule has 44 heavy (non-hydrogen) atoms. The van der Waals surface area contributed by atoms with E-state index in [2.05, 4.69) is 21.1 Å². The quantitative estimate of drug-likeness (QED) is 0.145. The Kier molecular flexibility index (Phi) is 9.34. The van der Waals surface area contributed by atoms with E-state index in [1.165, 1.54) is 31.3 Å². The minimum absolute atomic E-state index is 0.00450. The molecule has 0 saturated heterocycles. The second kappa shape index (κ2) is 11.8. The summed E-state index contributed by atoms with van der Waals surface area (Å²) >= 11 is 8.17. The molecule has 0 radical (unpaired) electrons. The van der Waals surface area contributed by atoms with Gasteiger partial charge in [-0.1, -0.05) is 23.7 Å². The van der Waals surface area contributed by atoms with Gasteiger partial charge in [0.15, 0.2) is 0 Å². The second-order valence-corrected chi connectivity index (χ2v) is 9.92. The van der Waals surface area contributed by atoms with Crippen LogP contribution in [0.2, 0.25) is 5.15 Å². The van der Waals surface area contributed by atoms with E-state index in [-0.39, 0.29) is 32.5 Å². The topological polar surface area (TPSA) is 53.5 Å². The van der Waals surface area contributed by atoms with Gasteiger partial charge in [-0.05, 0) is 42.5 Å². The second-order valence-electron chi connectivity index (χ2n) is 8.83. The zero-order valence-corrected chi connectivity index (χ0v) is 23.6.